The van der Waals surface area contributed by atoms with Gasteiger partial charge in [-0.1, -0.05) is 88.8 Å². The highest BCUT2D eigenvalue weighted by Crippen LogP contribution is 2.47. The molecule has 4 fully saturated rings. The summed E-state index contributed by atoms with van der Waals surface area (Å²) < 4.78 is 57.0. The summed E-state index contributed by atoms with van der Waals surface area (Å²) in [4.78, 5) is 40.0. The van der Waals surface area contributed by atoms with Gasteiger partial charge < -0.3 is 58.0 Å². The molecule has 17 atom stereocenters. The third kappa shape index (κ3) is 12.5. The number of carboxylic acids is 1. The number of rotatable bonds is 9. The zero-order valence-electron chi connectivity index (χ0n) is 42.8. The largest absolute Gasteiger partial charge is 0.478 e. The number of methoxy groups -OCH3 is 1. The van der Waals surface area contributed by atoms with Gasteiger partial charge in [0.15, 0.2) is 18.2 Å². The molecular formula is C55H77NO15. The number of benzene rings is 1. The average molecular weight is 992 g/mol. The molecule has 0 radical (unpaired) electrons. The molecule has 16 heteroatoms. The van der Waals surface area contributed by atoms with Crippen molar-refractivity contribution in [3.8, 4) is 0 Å². The molecule has 4 saturated heterocycles. The van der Waals surface area contributed by atoms with Gasteiger partial charge in [0.05, 0.1) is 49.8 Å². The quantitative estimate of drug-likeness (QED) is 0.179. The summed E-state index contributed by atoms with van der Waals surface area (Å²) >= 11 is 0. The van der Waals surface area contributed by atoms with Crippen molar-refractivity contribution in [2.45, 2.75) is 166 Å². The van der Waals surface area contributed by atoms with Crippen molar-refractivity contribution in [2.75, 3.05) is 40.0 Å². The number of hydrogen-bond acceptors (Lipinski definition) is 15. The minimum atomic E-state index is -1.84. The van der Waals surface area contributed by atoms with Crippen LogP contribution in [0.2, 0.25) is 0 Å². The lowest BCUT2D eigenvalue weighted by atomic mass is 9.71. The lowest BCUT2D eigenvalue weighted by molar-refractivity contribution is -0.300. The number of hydrogen-bond donors (Lipinski definition) is 3. The Labute approximate surface area is 418 Å². The number of aromatic carboxylic acids is 1. The molecule has 1 aromatic rings. The van der Waals surface area contributed by atoms with Crippen LogP contribution < -0.4 is 0 Å². The Morgan fingerprint density at radius 2 is 1.70 bits per heavy atom. The molecule has 1 aromatic carbocycles. The van der Waals surface area contributed by atoms with Crippen molar-refractivity contribution in [1.29, 1.82) is 0 Å². The van der Waals surface area contributed by atoms with E-state index in [1.807, 2.05) is 39.0 Å². The van der Waals surface area contributed by atoms with E-state index in [-0.39, 0.29) is 36.4 Å². The third-order valence-corrected chi connectivity index (χ3v) is 15.4. The number of carbonyl (C=O) groups is 3. The number of allylic oxidation sites excluding steroid dienone is 2. The molecule has 71 heavy (non-hydrogen) atoms. The van der Waals surface area contributed by atoms with Crippen LogP contribution in [0.5, 0.6) is 0 Å². The van der Waals surface area contributed by atoms with Crippen LogP contribution in [-0.4, -0.2) is 157 Å². The predicted octanol–water partition coefficient (Wildman–Crippen LogP) is 6.50. The van der Waals surface area contributed by atoms with Crippen LogP contribution in [-0.2, 0) is 52.2 Å². The maximum atomic E-state index is 14.3. The minimum absolute atomic E-state index is 0.0279. The first-order valence-electron chi connectivity index (χ1n) is 25.5. The van der Waals surface area contributed by atoms with Gasteiger partial charge in [0.1, 0.15) is 42.0 Å². The Hall–Kier alpha value is -4.07. The molecular weight excluding hydrogens is 915 g/mol. The lowest BCUT2D eigenvalue weighted by Gasteiger charge is -2.48. The van der Waals surface area contributed by atoms with Gasteiger partial charge in [-0.2, -0.15) is 0 Å². The smallest absolute Gasteiger partial charge is 0.335 e. The molecule has 0 amide bonds. The van der Waals surface area contributed by atoms with Gasteiger partial charge in [0.25, 0.3) is 0 Å². The maximum absolute atomic E-state index is 14.3. The molecule has 8 rings (SSSR count). The van der Waals surface area contributed by atoms with Crippen molar-refractivity contribution < 1.29 is 72.3 Å². The van der Waals surface area contributed by atoms with Crippen molar-refractivity contribution in [3.63, 3.8) is 0 Å². The van der Waals surface area contributed by atoms with Crippen LogP contribution in [0.15, 0.2) is 89.6 Å². The van der Waals surface area contributed by atoms with Gasteiger partial charge in [-0.05, 0) is 75.0 Å². The predicted molar refractivity (Wildman–Crippen MR) is 262 cm³/mol. The lowest BCUT2D eigenvalue weighted by Crippen LogP contribution is -2.58. The van der Waals surface area contributed by atoms with Crippen molar-refractivity contribution >= 4 is 17.9 Å². The van der Waals surface area contributed by atoms with E-state index in [4.69, 9.17) is 47.7 Å². The second-order valence-electron chi connectivity index (χ2n) is 20.5. The molecule has 0 saturated carbocycles. The topological polar surface area (TPSA) is 198 Å². The summed E-state index contributed by atoms with van der Waals surface area (Å²) in [6.45, 7) is 18.5. The van der Waals surface area contributed by atoms with Gasteiger partial charge in [-0.3, -0.25) is 14.5 Å². The van der Waals surface area contributed by atoms with Gasteiger partial charge in [0.2, 0.25) is 0 Å². The molecule has 1 aliphatic carbocycles. The molecule has 0 aromatic heterocycles. The van der Waals surface area contributed by atoms with Crippen molar-refractivity contribution in [3.05, 3.63) is 95.1 Å². The molecule has 16 nitrogen and oxygen atoms in total. The van der Waals surface area contributed by atoms with E-state index in [1.165, 1.54) is 0 Å². The fourth-order valence-corrected chi connectivity index (χ4v) is 11.0. The second-order valence-corrected chi connectivity index (χ2v) is 20.5. The van der Waals surface area contributed by atoms with Crippen molar-refractivity contribution in [1.82, 2.24) is 4.90 Å². The van der Waals surface area contributed by atoms with E-state index < -0.39 is 90.4 Å². The van der Waals surface area contributed by atoms with Crippen LogP contribution >= 0.6 is 0 Å². The van der Waals surface area contributed by atoms with Crippen LogP contribution in [0, 0.1) is 23.7 Å². The molecule has 7 unspecified atom stereocenters. The number of nitrogens with zero attached hydrogens (tertiary/aromatic N) is 1. The molecule has 392 valence electrons. The number of esters is 2. The first-order valence-corrected chi connectivity index (χ1v) is 25.5. The molecule has 6 aliphatic heterocycles. The molecule has 3 N–H and O–H groups in total. The first kappa shape index (κ1) is 54.7. The number of aliphatic hydroxyl groups is 2. The number of carboxylic acid groups (broad SMARTS) is 1. The summed E-state index contributed by atoms with van der Waals surface area (Å²) in [5.41, 5.74) is 0.441. The summed E-state index contributed by atoms with van der Waals surface area (Å²) in [5, 5.41) is 32.1. The highest BCUT2D eigenvalue weighted by molar-refractivity contribution is 5.87. The Kier molecular flexibility index (Phi) is 18.4. The van der Waals surface area contributed by atoms with Crippen LogP contribution in [0.4, 0.5) is 0 Å². The van der Waals surface area contributed by atoms with Gasteiger partial charge >= 0.3 is 17.9 Å². The summed E-state index contributed by atoms with van der Waals surface area (Å²) in [6.07, 6.45) is 9.92. The van der Waals surface area contributed by atoms with E-state index >= 15 is 0 Å². The van der Waals surface area contributed by atoms with Gasteiger partial charge in [-0.25, -0.2) is 4.79 Å². The van der Waals surface area contributed by atoms with Crippen LogP contribution in [0.1, 0.15) is 97.9 Å². The van der Waals surface area contributed by atoms with Crippen molar-refractivity contribution in [2.24, 2.45) is 23.7 Å². The first-order chi connectivity index (χ1) is 33.9. The maximum Gasteiger partial charge on any atom is 0.335 e. The van der Waals surface area contributed by atoms with E-state index in [0.717, 1.165) is 12.0 Å². The molecule has 6 heterocycles. The summed E-state index contributed by atoms with van der Waals surface area (Å²) in [6, 6.07) is 7.86. The number of aliphatic hydroxyl groups excluding tert-OH is 1. The number of carbonyl (C=O) groups excluding carboxylic acids is 2. The monoisotopic (exact) mass is 992 g/mol. The number of fused-ring (bicyclic) bond motifs is 2. The minimum Gasteiger partial charge on any atom is -0.478 e. The van der Waals surface area contributed by atoms with E-state index in [1.54, 1.807) is 56.5 Å². The Morgan fingerprint density at radius 1 is 0.972 bits per heavy atom. The Bertz CT molecular complexity index is 2150. The standard InChI is InChI=1S/C48H71NO13.C7H6O2/c1-10-27(2)42-30(5)16-17-47(62-42)25-36-23-35(61-47)15-14-29(4)41(28(3)12-11-13-34-26-56-44-40(50)31(6)22-37(46(52)58-36)48(34,44)53)59-39-24-38(54-9)43(33(8)57-39)60-45(51)32(7)49-18-20-55-21-19-49;8-7(9)6-4-2-1-3-5-6/h11-14,16-17,22,27-28,30,32-33,35-44,50,53H,10,15,18-21,23-26H2,1-9H3;1-5H,(H,8,9)/b12-11+,29-14+,34-13+;/t27-,28-,30-,32?,33?,35+,36-,37?,38?,39?,40+,41-,42+,43?,44+,47?,48+;/m0./s1. The second kappa shape index (κ2) is 23.9. The Morgan fingerprint density at radius 3 is 2.38 bits per heavy atom. The molecule has 2 bridgehead atoms. The fourth-order valence-electron chi connectivity index (χ4n) is 11.0. The molecule has 7 aliphatic rings. The summed E-state index contributed by atoms with van der Waals surface area (Å²) in [7, 11) is 1.61. The van der Waals surface area contributed by atoms with Crippen LogP contribution in [0.3, 0.4) is 0 Å². The highest BCUT2D eigenvalue weighted by Gasteiger charge is 2.60. The molecule has 1 spiro atoms. The van der Waals surface area contributed by atoms with E-state index in [9.17, 15) is 24.6 Å². The van der Waals surface area contributed by atoms with E-state index in [2.05, 4.69) is 44.7 Å². The fraction of sp³-hybridized carbons (Fsp3) is 0.655. The SMILES string of the molecule is CC[C@H](C)[C@H]1OC2(C=C[C@@H]1C)C[C@@H]1C[C@@H](C/C=C(\C)[C@@H](OC3CC(OC)C(OC(=O)C(C)N4CCOCC4)C(C)O3)[C@@H](C)/C=C/C=C3\CO[C@@H]4[C@H](O)C(C)=CC(C(=O)O1)[C@]34O)O2.O=C(O)c1ccccc1. The van der Waals surface area contributed by atoms with E-state index in [0.29, 0.717) is 68.7 Å². The third-order valence-electron chi connectivity index (χ3n) is 15.4. The average Bonchev–Trinajstić information content (AvgIpc) is 3.70. The van der Waals surface area contributed by atoms with Gasteiger partial charge in [0, 0.05) is 51.3 Å². The zero-order valence-corrected chi connectivity index (χ0v) is 42.8. The Balaban J connectivity index is 0.000000741. The normalized spacial score (nSPS) is 40.5. The number of morpholine rings is 1. The van der Waals surface area contributed by atoms with Crippen LogP contribution in [0.25, 0.3) is 0 Å². The highest BCUT2D eigenvalue weighted by atomic mass is 16.7. The summed E-state index contributed by atoms with van der Waals surface area (Å²) in [5.74, 6) is -3.80. The van der Waals surface area contributed by atoms with Gasteiger partial charge in [-0.15, -0.1) is 0 Å². The zero-order chi connectivity index (χ0) is 51.2. The number of ether oxygens (including phenoxy) is 9.